The van der Waals surface area contributed by atoms with E-state index in [1.165, 1.54) is 0 Å². The number of aryl methyl sites for hydroxylation is 1. The first-order chi connectivity index (χ1) is 8.13. The molecule has 1 aromatic carbocycles. The normalized spacial score (nSPS) is 10.5. The van der Waals surface area contributed by atoms with Crippen molar-refractivity contribution in [3.05, 3.63) is 35.9 Å². The molecule has 0 saturated heterocycles. The Morgan fingerprint density at radius 2 is 2.29 bits per heavy atom. The van der Waals surface area contributed by atoms with Crippen LogP contribution in [0.4, 0.5) is 5.69 Å². The van der Waals surface area contributed by atoms with Crippen LogP contribution in [0.3, 0.4) is 0 Å². The van der Waals surface area contributed by atoms with Crippen molar-refractivity contribution >= 4 is 11.7 Å². The Kier molecular flexibility index (Phi) is 5.07. The standard InChI is InChI=1S/C13H17NO3/c1-3-17-12-7-6-11(9-10(12)2)14-8-4-5-13(15)16/h4-7,9,14H,3,8H2,1-2H3,(H,15,16)/b5-4+. The predicted molar refractivity (Wildman–Crippen MR) is 67.6 cm³/mol. The molecular formula is C13H17NO3. The number of carboxylic acid groups (broad SMARTS) is 1. The summed E-state index contributed by atoms with van der Waals surface area (Å²) >= 11 is 0. The van der Waals surface area contributed by atoms with E-state index >= 15 is 0 Å². The molecule has 0 aliphatic rings. The highest BCUT2D eigenvalue weighted by Gasteiger charge is 1.99. The summed E-state index contributed by atoms with van der Waals surface area (Å²) in [7, 11) is 0. The van der Waals surface area contributed by atoms with E-state index in [4.69, 9.17) is 9.84 Å². The summed E-state index contributed by atoms with van der Waals surface area (Å²) in [5, 5.41) is 11.5. The number of aliphatic carboxylic acids is 1. The van der Waals surface area contributed by atoms with Gasteiger partial charge < -0.3 is 15.2 Å². The predicted octanol–water partition coefficient (Wildman–Crippen LogP) is 2.45. The second kappa shape index (κ2) is 6.58. The number of nitrogens with one attached hydrogen (secondary N) is 1. The van der Waals surface area contributed by atoms with Crippen LogP contribution in [-0.4, -0.2) is 24.2 Å². The van der Waals surface area contributed by atoms with Crippen molar-refractivity contribution in [3.63, 3.8) is 0 Å². The lowest BCUT2D eigenvalue weighted by molar-refractivity contribution is -0.131. The van der Waals surface area contributed by atoms with E-state index in [1.54, 1.807) is 6.08 Å². The molecule has 2 N–H and O–H groups in total. The highest BCUT2D eigenvalue weighted by atomic mass is 16.5. The Hall–Kier alpha value is -1.97. The number of carboxylic acids is 1. The molecule has 1 aromatic rings. The fourth-order valence-corrected chi connectivity index (χ4v) is 1.41. The molecule has 0 aliphatic heterocycles. The summed E-state index contributed by atoms with van der Waals surface area (Å²) in [4.78, 5) is 10.3. The van der Waals surface area contributed by atoms with E-state index in [0.29, 0.717) is 13.2 Å². The second-order valence-electron chi connectivity index (χ2n) is 3.53. The zero-order valence-corrected chi connectivity index (χ0v) is 10.1. The van der Waals surface area contributed by atoms with Crippen LogP contribution in [0.5, 0.6) is 5.75 Å². The summed E-state index contributed by atoms with van der Waals surface area (Å²) in [5.41, 5.74) is 2.00. The molecule has 0 fully saturated rings. The van der Waals surface area contributed by atoms with Gasteiger partial charge in [0.1, 0.15) is 5.75 Å². The smallest absolute Gasteiger partial charge is 0.328 e. The minimum absolute atomic E-state index is 0.486. The van der Waals surface area contributed by atoms with Crippen LogP contribution in [0.25, 0.3) is 0 Å². The lowest BCUT2D eigenvalue weighted by Crippen LogP contribution is -2.00. The first kappa shape index (κ1) is 13.1. The van der Waals surface area contributed by atoms with E-state index in [0.717, 1.165) is 23.1 Å². The molecule has 0 spiro atoms. The average Bonchev–Trinajstić information content (AvgIpc) is 2.28. The number of hydrogen-bond acceptors (Lipinski definition) is 3. The Labute approximate surface area is 101 Å². The van der Waals surface area contributed by atoms with Gasteiger partial charge in [0, 0.05) is 18.3 Å². The molecule has 92 valence electrons. The van der Waals surface area contributed by atoms with Gasteiger partial charge in [-0.25, -0.2) is 4.79 Å². The molecule has 0 aromatic heterocycles. The molecule has 0 unspecified atom stereocenters. The van der Waals surface area contributed by atoms with Crippen LogP contribution < -0.4 is 10.1 Å². The zero-order chi connectivity index (χ0) is 12.7. The van der Waals surface area contributed by atoms with E-state index in [-0.39, 0.29) is 0 Å². The topological polar surface area (TPSA) is 58.6 Å². The molecule has 0 aliphatic carbocycles. The summed E-state index contributed by atoms with van der Waals surface area (Å²) < 4.78 is 5.43. The van der Waals surface area contributed by atoms with Gasteiger partial charge in [0.2, 0.25) is 0 Å². The molecular weight excluding hydrogens is 218 g/mol. The van der Waals surface area contributed by atoms with Crippen LogP contribution in [-0.2, 0) is 4.79 Å². The third-order valence-corrected chi connectivity index (χ3v) is 2.16. The van der Waals surface area contributed by atoms with Crippen molar-refractivity contribution in [2.45, 2.75) is 13.8 Å². The zero-order valence-electron chi connectivity index (χ0n) is 10.1. The molecule has 0 saturated carbocycles. The van der Waals surface area contributed by atoms with E-state index in [9.17, 15) is 4.79 Å². The van der Waals surface area contributed by atoms with Gasteiger partial charge in [-0.2, -0.15) is 0 Å². The quantitative estimate of drug-likeness (QED) is 0.743. The SMILES string of the molecule is CCOc1ccc(NC/C=C/C(=O)O)cc1C. The van der Waals surface area contributed by atoms with Gasteiger partial charge in [-0.05, 0) is 37.6 Å². The van der Waals surface area contributed by atoms with E-state index in [2.05, 4.69) is 5.32 Å². The van der Waals surface area contributed by atoms with Gasteiger partial charge in [0.25, 0.3) is 0 Å². The van der Waals surface area contributed by atoms with Gasteiger partial charge >= 0.3 is 5.97 Å². The molecule has 0 amide bonds. The van der Waals surface area contributed by atoms with Crippen LogP contribution in [0.1, 0.15) is 12.5 Å². The minimum Gasteiger partial charge on any atom is -0.494 e. The average molecular weight is 235 g/mol. The Morgan fingerprint density at radius 1 is 1.53 bits per heavy atom. The van der Waals surface area contributed by atoms with Crippen molar-refractivity contribution in [2.24, 2.45) is 0 Å². The summed E-state index contributed by atoms with van der Waals surface area (Å²) in [6, 6.07) is 5.79. The summed E-state index contributed by atoms with van der Waals surface area (Å²) in [5.74, 6) is -0.0613. The van der Waals surface area contributed by atoms with Crippen molar-refractivity contribution in [3.8, 4) is 5.75 Å². The van der Waals surface area contributed by atoms with Crippen molar-refractivity contribution in [1.29, 1.82) is 0 Å². The lowest BCUT2D eigenvalue weighted by Gasteiger charge is -2.09. The fourth-order valence-electron chi connectivity index (χ4n) is 1.41. The number of hydrogen-bond donors (Lipinski definition) is 2. The van der Waals surface area contributed by atoms with E-state index < -0.39 is 5.97 Å². The third kappa shape index (κ3) is 4.59. The minimum atomic E-state index is -0.935. The fraction of sp³-hybridized carbons (Fsp3) is 0.308. The van der Waals surface area contributed by atoms with Gasteiger partial charge in [-0.1, -0.05) is 6.08 Å². The molecule has 0 heterocycles. The number of benzene rings is 1. The Morgan fingerprint density at radius 3 is 2.88 bits per heavy atom. The Balaban J connectivity index is 2.55. The first-order valence-corrected chi connectivity index (χ1v) is 5.50. The highest BCUT2D eigenvalue weighted by Crippen LogP contribution is 2.21. The van der Waals surface area contributed by atoms with Crippen molar-refractivity contribution < 1.29 is 14.6 Å². The number of ether oxygens (including phenoxy) is 1. The third-order valence-electron chi connectivity index (χ3n) is 2.16. The molecule has 1 rings (SSSR count). The van der Waals surface area contributed by atoms with Crippen LogP contribution in [0.2, 0.25) is 0 Å². The van der Waals surface area contributed by atoms with Gasteiger partial charge in [0.15, 0.2) is 0 Å². The van der Waals surface area contributed by atoms with Crippen LogP contribution in [0.15, 0.2) is 30.4 Å². The maximum atomic E-state index is 10.3. The maximum absolute atomic E-state index is 10.3. The number of carbonyl (C=O) groups is 1. The van der Waals surface area contributed by atoms with Gasteiger partial charge in [-0.15, -0.1) is 0 Å². The van der Waals surface area contributed by atoms with Crippen molar-refractivity contribution in [2.75, 3.05) is 18.5 Å². The largest absolute Gasteiger partial charge is 0.494 e. The highest BCUT2D eigenvalue weighted by molar-refractivity contribution is 5.79. The molecule has 0 bridgehead atoms. The number of anilines is 1. The first-order valence-electron chi connectivity index (χ1n) is 5.50. The molecule has 17 heavy (non-hydrogen) atoms. The molecule has 0 atom stereocenters. The Bertz CT molecular complexity index is 413. The maximum Gasteiger partial charge on any atom is 0.328 e. The van der Waals surface area contributed by atoms with E-state index in [1.807, 2.05) is 32.0 Å². The van der Waals surface area contributed by atoms with Gasteiger partial charge in [0.05, 0.1) is 6.61 Å². The second-order valence-corrected chi connectivity index (χ2v) is 3.53. The summed E-state index contributed by atoms with van der Waals surface area (Å²) in [6.07, 6.45) is 2.68. The monoisotopic (exact) mass is 235 g/mol. The van der Waals surface area contributed by atoms with Crippen LogP contribution >= 0.6 is 0 Å². The van der Waals surface area contributed by atoms with Crippen LogP contribution in [0, 0.1) is 6.92 Å². The number of rotatable bonds is 6. The van der Waals surface area contributed by atoms with Crippen molar-refractivity contribution in [1.82, 2.24) is 0 Å². The molecule has 4 nitrogen and oxygen atoms in total. The summed E-state index contributed by atoms with van der Waals surface area (Å²) in [6.45, 7) is 5.06. The lowest BCUT2D eigenvalue weighted by atomic mass is 10.2. The molecule has 0 radical (unpaired) electrons. The molecule has 4 heteroatoms. The van der Waals surface area contributed by atoms with Gasteiger partial charge in [-0.3, -0.25) is 0 Å².